The molecule has 180 valence electrons. The van der Waals surface area contributed by atoms with Gasteiger partial charge in [0, 0.05) is 38.8 Å². The summed E-state index contributed by atoms with van der Waals surface area (Å²) in [6.07, 6.45) is -1.28. The van der Waals surface area contributed by atoms with E-state index in [1.807, 2.05) is 58.5 Å². The van der Waals surface area contributed by atoms with E-state index < -0.39 is 17.7 Å². The lowest BCUT2D eigenvalue weighted by Crippen LogP contribution is -2.28. The normalized spacial score (nSPS) is 12.3. The van der Waals surface area contributed by atoms with E-state index in [9.17, 15) is 15.2 Å². The Hall–Kier alpha value is -3.77. The summed E-state index contributed by atoms with van der Waals surface area (Å²) in [4.78, 5) is 17.4. The molecular weight excluding hydrogens is 432 g/mol. The first-order valence-electron chi connectivity index (χ1n) is 11.2. The largest absolute Gasteiger partial charge is 0.479 e. The highest BCUT2D eigenvalue weighted by atomic mass is 16.5. The van der Waals surface area contributed by atoms with Crippen LogP contribution >= 0.6 is 0 Å². The Morgan fingerprint density at radius 1 is 1.18 bits per heavy atom. The van der Waals surface area contributed by atoms with Crippen molar-refractivity contribution < 1.29 is 14.6 Å². The average molecular weight is 465 g/mol. The summed E-state index contributed by atoms with van der Waals surface area (Å²) in [6, 6.07) is 9.23. The van der Waals surface area contributed by atoms with E-state index in [4.69, 9.17) is 9.72 Å². The second-order valence-electron chi connectivity index (χ2n) is 8.80. The predicted octanol–water partition coefficient (Wildman–Crippen LogP) is 4.66. The van der Waals surface area contributed by atoms with Gasteiger partial charge in [0.05, 0.1) is 28.3 Å². The zero-order valence-corrected chi connectivity index (χ0v) is 20.7. The number of ether oxygens (including phenoxy) is 1. The minimum Gasteiger partial charge on any atom is -0.479 e. The third kappa shape index (κ3) is 4.37. The van der Waals surface area contributed by atoms with Crippen LogP contribution in [0.15, 0.2) is 24.3 Å². The van der Waals surface area contributed by atoms with Crippen LogP contribution in [0, 0.1) is 11.3 Å². The molecule has 2 aromatic heterocycles. The van der Waals surface area contributed by atoms with Gasteiger partial charge in [0.2, 0.25) is 0 Å². The molecule has 4 N–H and O–H groups in total. The molecule has 0 fully saturated rings. The van der Waals surface area contributed by atoms with Crippen molar-refractivity contribution in [1.82, 2.24) is 9.55 Å². The minimum absolute atomic E-state index is 0.418. The van der Waals surface area contributed by atoms with Gasteiger partial charge in [-0.25, -0.2) is 9.78 Å². The number of aliphatic carboxylic acids is 1. The van der Waals surface area contributed by atoms with Crippen LogP contribution in [-0.4, -0.2) is 47.4 Å². The number of fused-ring (bicyclic) bond motifs is 1. The molecule has 0 aliphatic carbocycles. The number of hydrogen-bond acceptors (Lipinski definition) is 7. The van der Waals surface area contributed by atoms with Gasteiger partial charge < -0.3 is 30.4 Å². The summed E-state index contributed by atoms with van der Waals surface area (Å²) in [6.45, 7) is 8.14. The fourth-order valence-corrected chi connectivity index (χ4v) is 4.23. The molecule has 0 spiro atoms. The van der Waals surface area contributed by atoms with Crippen molar-refractivity contribution >= 4 is 34.3 Å². The summed E-state index contributed by atoms with van der Waals surface area (Å²) in [7, 11) is 5.38. The van der Waals surface area contributed by atoms with E-state index in [1.54, 1.807) is 19.2 Å². The molecule has 0 saturated heterocycles. The Kier molecular flexibility index (Phi) is 7.03. The first kappa shape index (κ1) is 24.9. The number of carboxylic acids is 1. The van der Waals surface area contributed by atoms with Gasteiger partial charge in [0.1, 0.15) is 17.3 Å². The molecule has 9 nitrogen and oxygen atoms in total. The van der Waals surface area contributed by atoms with E-state index in [0.717, 1.165) is 22.5 Å². The van der Waals surface area contributed by atoms with Crippen molar-refractivity contribution in [2.45, 2.75) is 45.9 Å². The maximum atomic E-state index is 12.5. The molecule has 0 amide bonds. The SMILES string of the molecule is CCn1c(NC)c(NC)c2c(-c3ccc(C#N)cc3)c(C(OC(C)(C)C)C(=O)O)c(NC)nc21. The average Bonchev–Trinajstić information content (AvgIpc) is 3.12. The number of carboxylic acid groups (broad SMARTS) is 1. The fraction of sp³-hybridized carbons (Fsp3) is 0.400. The van der Waals surface area contributed by atoms with Crippen molar-refractivity contribution in [2.24, 2.45) is 0 Å². The molecule has 1 aromatic carbocycles. The van der Waals surface area contributed by atoms with Gasteiger partial charge in [-0.1, -0.05) is 12.1 Å². The standard InChI is InChI=1S/C25H32N6O3/c1-8-31-22-17(19(27-5)23(31)29-7)16(15-11-9-14(13-26)10-12-15)18(21(28-6)30-22)20(24(32)33)34-25(2,3)4/h9-12,20,27,29H,8H2,1-7H3,(H,28,30)(H,32,33). The molecule has 1 unspecified atom stereocenters. The molecule has 3 aromatic rings. The van der Waals surface area contributed by atoms with Crippen LogP contribution < -0.4 is 16.0 Å². The lowest BCUT2D eigenvalue weighted by Gasteiger charge is -2.28. The zero-order valence-electron chi connectivity index (χ0n) is 20.7. The van der Waals surface area contributed by atoms with Crippen molar-refractivity contribution in [2.75, 3.05) is 37.1 Å². The Morgan fingerprint density at radius 3 is 2.26 bits per heavy atom. The smallest absolute Gasteiger partial charge is 0.337 e. The monoisotopic (exact) mass is 464 g/mol. The molecule has 34 heavy (non-hydrogen) atoms. The number of nitriles is 1. The second-order valence-corrected chi connectivity index (χ2v) is 8.80. The summed E-state index contributed by atoms with van der Waals surface area (Å²) in [5, 5.41) is 29.9. The Bertz CT molecular complexity index is 1250. The molecule has 3 rings (SSSR count). The van der Waals surface area contributed by atoms with Crippen molar-refractivity contribution in [3.8, 4) is 17.2 Å². The van der Waals surface area contributed by atoms with Crippen LogP contribution in [0.3, 0.4) is 0 Å². The first-order chi connectivity index (χ1) is 16.1. The third-order valence-electron chi connectivity index (χ3n) is 5.53. The number of aryl methyl sites for hydroxylation is 1. The van der Waals surface area contributed by atoms with E-state index in [-0.39, 0.29) is 0 Å². The maximum Gasteiger partial charge on any atom is 0.337 e. The minimum atomic E-state index is -1.28. The van der Waals surface area contributed by atoms with Crippen LogP contribution in [-0.2, 0) is 16.1 Å². The van der Waals surface area contributed by atoms with E-state index in [2.05, 4.69) is 22.0 Å². The molecule has 9 heteroatoms. The van der Waals surface area contributed by atoms with Crippen LogP contribution in [0.25, 0.3) is 22.2 Å². The molecule has 0 bridgehead atoms. The zero-order chi connectivity index (χ0) is 25.2. The van der Waals surface area contributed by atoms with Crippen LogP contribution in [0.5, 0.6) is 0 Å². The third-order valence-corrected chi connectivity index (χ3v) is 5.53. The number of nitrogens with one attached hydrogen (secondary N) is 3. The summed E-state index contributed by atoms with van der Waals surface area (Å²) in [5.41, 5.74) is 3.16. The molecule has 0 aliphatic heterocycles. The van der Waals surface area contributed by atoms with Gasteiger partial charge in [-0.3, -0.25) is 0 Å². The molecule has 0 saturated carbocycles. The van der Waals surface area contributed by atoms with Gasteiger partial charge in [0.15, 0.2) is 6.10 Å². The predicted molar refractivity (Wildman–Crippen MR) is 135 cm³/mol. The van der Waals surface area contributed by atoms with E-state index in [0.29, 0.717) is 34.7 Å². The summed E-state index contributed by atoms with van der Waals surface area (Å²) in [5.74, 6) is 0.142. The van der Waals surface area contributed by atoms with Crippen LogP contribution in [0.1, 0.15) is 44.9 Å². The highest BCUT2D eigenvalue weighted by molar-refractivity contribution is 6.10. The lowest BCUT2D eigenvalue weighted by molar-refractivity contribution is -0.160. The number of hydrogen-bond donors (Lipinski definition) is 4. The number of pyridine rings is 1. The van der Waals surface area contributed by atoms with Crippen molar-refractivity contribution in [3.63, 3.8) is 0 Å². The Morgan fingerprint density at radius 2 is 1.82 bits per heavy atom. The summed E-state index contributed by atoms with van der Waals surface area (Å²) >= 11 is 0. The van der Waals surface area contributed by atoms with Gasteiger partial charge in [0.25, 0.3) is 0 Å². The summed E-state index contributed by atoms with van der Waals surface area (Å²) < 4.78 is 8.11. The van der Waals surface area contributed by atoms with Crippen molar-refractivity contribution in [1.29, 1.82) is 5.26 Å². The van der Waals surface area contributed by atoms with Gasteiger partial charge in [-0.2, -0.15) is 5.26 Å². The molecule has 2 heterocycles. The lowest BCUT2D eigenvalue weighted by atomic mass is 9.92. The first-order valence-corrected chi connectivity index (χ1v) is 11.2. The molecule has 0 aliphatic rings. The van der Waals surface area contributed by atoms with Gasteiger partial charge in [-0.05, 0) is 45.4 Å². The van der Waals surface area contributed by atoms with E-state index in [1.165, 1.54) is 0 Å². The number of aromatic nitrogens is 2. The van der Waals surface area contributed by atoms with Gasteiger partial charge in [-0.15, -0.1) is 0 Å². The Balaban J connectivity index is 2.58. The quantitative estimate of drug-likeness (QED) is 0.379. The second kappa shape index (κ2) is 9.61. The number of anilines is 3. The highest BCUT2D eigenvalue weighted by Gasteiger charge is 2.35. The topological polar surface area (TPSA) is 124 Å². The molecular formula is C25H32N6O3. The van der Waals surface area contributed by atoms with Crippen molar-refractivity contribution in [3.05, 3.63) is 35.4 Å². The van der Waals surface area contributed by atoms with Gasteiger partial charge >= 0.3 is 5.97 Å². The van der Waals surface area contributed by atoms with E-state index >= 15 is 0 Å². The highest BCUT2D eigenvalue weighted by Crippen LogP contribution is 2.47. The van der Waals surface area contributed by atoms with Crippen LogP contribution in [0.4, 0.5) is 17.3 Å². The van der Waals surface area contributed by atoms with Crippen LogP contribution in [0.2, 0.25) is 0 Å². The fourth-order valence-electron chi connectivity index (χ4n) is 4.23. The number of benzene rings is 1. The maximum absolute atomic E-state index is 12.5. The number of carbonyl (C=O) groups is 1. The molecule has 1 atom stereocenters. The number of nitrogens with zero attached hydrogens (tertiary/aromatic N) is 3. The molecule has 0 radical (unpaired) electrons. The number of rotatable bonds is 8. The Labute approximate surface area is 199 Å².